The van der Waals surface area contributed by atoms with E-state index in [1.54, 1.807) is 6.33 Å². The van der Waals surface area contributed by atoms with E-state index in [9.17, 15) is 0 Å². The van der Waals surface area contributed by atoms with Crippen LogP contribution in [0.2, 0.25) is 0 Å². The molecule has 25 heavy (non-hydrogen) atoms. The van der Waals surface area contributed by atoms with Crippen molar-refractivity contribution in [3.8, 4) is 0 Å². The van der Waals surface area contributed by atoms with Crippen LogP contribution in [-0.2, 0) is 13.0 Å². The molecule has 0 spiro atoms. The topological polar surface area (TPSA) is 60.9 Å². The second-order valence-electron chi connectivity index (χ2n) is 6.59. The van der Waals surface area contributed by atoms with Crippen molar-refractivity contribution in [1.29, 1.82) is 0 Å². The van der Waals surface area contributed by atoms with Crippen molar-refractivity contribution in [3.05, 3.63) is 71.7 Å². The third-order valence-corrected chi connectivity index (χ3v) is 4.70. The third kappa shape index (κ3) is 3.13. The molecule has 0 radical (unpaired) electrons. The molecule has 4 rings (SSSR count). The fraction of sp³-hybridized carbons (Fsp3) is 0.316. The summed E-state index contributed by atoms with van der Waals surface area (Å²) in [5.74, 6) is 0.975. The highest BCUT2D eigenvalue weighted by Crippen LogP contribution is 2.34. The molecule has 3 aromatic rings. The number of fused-ring (bicyclic) bond motifs is 1. The first-order chi connectivity index (χ1) is 12.2. The summed E-state index contributed by atoms with van der Waals surface area (Å²) >= 11 is 0. The van der Waals surface area contributed by atoms with E-state index in [4.69, 9.17) is 0 Å². The van der Waals surface area contributed by atoms with E-state index >= 15 is 0 Å². The smallest absolute Gasteiger partial charge is 0.127 e. The fourth-order valence-electron chi connectivity index (χ4n) is 3.42. The first kappa shape index (κ1) is 15.8. The van der Waals surface area contributed by atoms with Gasteiger partial charge in [0.25, 0.3) is 0 Å². The molecule has 0 saturated carbocycles. The SMILES string of the molecule is CN(C)c1ccc(CN2CCc3[nH]cnc3[C@@H]2c2ccncc2)cn1. The van der Waals surface area contributed by atoms with Gasteiger partial charge in [0, 0.05) is 57.9 Å². The molecule has 0 unspecified atom stereocenters. The molecule has 1 N–H and O–H groups in total. The Labute approximate surface area is 147 Å². The minimum absolute atomic E-state index is 0.145. The largest absolute Gasteiger partial charge is 0.363 e. The van der Waals surface area contributed by atoms with Gasteiger partial charge in [-0.3, -0.25) is 9.88 Å². The summed E-state index contributed by atoms with van der Waals surface area (Å²) in [7, 11) is 4.01. The molecular weight excluding hydrogens is 312 g/mol. The lowest BCUT2D eigenvalue weighted by atomic mass is 9.96. The highest BCUT2D eigenvalue weighted by atomic mass is 15.2. The minimum Gasteiger partial charge on any atom is -0.363 e. The molecule has 4 heterocycles. The molecule has 0 fully saturated rings. The van der Waals surface area contributed by atoms with Crippen molar-refractivity contribution >= 4 is 5.82 Å². The monoisotopic (exact) mass is 334 g/mol. The van der Waals surface area contributed by atoms with E-state index in [2.05, 4.69) is 49.1 Å². The maximum absolute atomic E-state index is 4.60. The van der Waals surface area contributed by atoms with Gasteiger partial charge in [0.05, 0.1) is 18.1 Å². The highest BCUT2D eigenvalue weighted by molar-refractivity contribution is 5.37. The number of H-pyrrole nitrogens is 1. The molecule has 6 heteroatoms. The number of nitrogens with zero attached hydrogens (tertiary/aromatic N) is 5. The van der Waals surface area contributed by atoms with Gasteiger partial charge in [0.2, 0.25) is 0 Å². The summed E-state index contributed by atoms with van der Waals surface area (Å²) in [5, 5.41) is 0. The van der Waals surface area contributed by atoms with E-state index in [0.717, 1.165) is 31.0 Å². The number of hydrogen-bond acceptors (Lipinski definition) is 5. The Morgan fingerprint density at radius 3 is 2.72 bits per heavy atom. The molecule has 1 aliphatic heterocycles. The van der Waals surface area contributed by atoms with Crippen molar-refractivity contribution in [2.75, 3.05) is 25.5 Å². The van der Waals surface area contributed by atoms with Crippen LogP contribution in [0.1, 0.15) is 28.6 Å². The van der Waals surface area contributed by atoms with Gasteiger partial charge in [-0.2, -0.15) is 0 Å². The molecule has 0 saturated heterocycles. The Morgan fingerprint density at radius 2 is 2.00 bits per heavy atom. The van der Waals surface area contributed by atoms with Crippen LogP contribution in [0.15, 0.2) is 49.2 Å². The fourth-order valence-corrected chi connectivity index (χ4v) is 3.42. The Kier molecular flexibility index (Phi) is 4.19. The van der Waals surface area contributed by atoms with Crippen LogP contribution in [0.3, 0.4) is 0 Å². The average molecular weight is 334 g/mol. The Morgan fingerprint density at radius 1 is 1.16 bits per heavy atom. The van der Waals surface area contributed by atoms with Gasteiger partial charge in [0.1, 0.15) is 5.82 Å². The van der Waals surface area contributed by atoms with E-state index in [-0.39, 0.29) is 6.04 Å². The number of aromatic nitrogens is 4. The third-order valence-electron chi connectivity index (χ3n) is 4.70. The molecule has 0 amide bonds. The van der Waals surface area contributed by atoms with Gasteiger partial charge in [-0.15, -0.1) is 0 Å². The van der Waals surface area contributed by atoms with Crippen molar-refractivity contribution in [2.24, 2.45) is 0 Å². The zero-order chi connectivity index (χ0) is 17.2. The second-order valence-corrected chi connectivity index (χ2v) is 6.59. The number of aromatic amines is 1. The predicted octanol–water partition coefficient (Wildman–Crippen LogP) is 2.41. The van der Waals surface area contributed by atoms with E-state index < -0.39 is 0 Å². The first-order valence-corrected chi connectivity index (χ1v) is 8.51. The summed E-state index contributed by atoms with van der Waals surface area (Å²) in [6.07, 6.45) is 8.46. The summed E-state index contributed by atoms with van der Waals surface area (Å²) in [5.41, 5.74) is 4.79. The maximum atomic E-state index is 4.60. The normalized spacial score (nSPS) is 17.3. The molecule has 1 atom stereocenters. The van der Waals surface area contributed by atoms with Gasteiger partial charge >= 0.3 is 0 Å². The van der Waals surface area contributed by atoms with Crippen LogP contribution < -0.4 is 4.90 Å². The van der Waals surface area contributed by atoms with E-state index in [1.165, 1.54) is 16.8 Å². The van der Waals surface area contributed by atoms with Crippen molar-refractivity contribution in [3.63, 3.8) is 0 Å². The molecule has 1 aliphatic rings. The molecule has 0 bridgehead atoms. The van der Waals surface area contributed by atoms with Crippen LogP contribution >= 0.6 is 0 Å². The van der Waals surface area contributed by atoms with Gasteiger partial charge in [-0.25, -0.2) is 9.97 Å². The number of hydrogen-bond donors (Lipinski definition) is 1. The van der Waals surface area contributed by atoms with Crippen LogP contribution in [0, 0.1) is 0 Å². The van der Waals surface area contributed by atoms with Crippen LogP contribution in [0.5, 0.6) is 0 Å². The maximum Gasteiger partial charge on any atom is 0.127 e. The second kappa shape index (κ2) is 6.64. The van der Waals surface area contributed by atoms with Crippen molar-refractivity contribution < 1.29 is 0 Å². The van der Waals surface area contributed by atoms with Crippen molar-refractivity contribution in [1.82, 2.24) is 24.8 Å². The Hall–Kier alpha value is -2.73. The standard InChI is InChI=1S/C19H22N6/c1-24(2)17-4-3-14(11-21-17)12-25-10-7-16-18(23-13-22-16)19(25)15-5-8-20-9-6-15/h3-6,8-9,11,13,19H,7,10,12H2,1-2H3,(H,22,23)/t19-/m0/s1. The zero-order valence-corrected chi connectivity index (χ0v) is 14.6. The van der Waals surface area contributed by atoms with Gasteiger partial charge in [0.15, 0.2) is 0 Å². The summed E-state index contributed by atoms with van der Waals surface area (Å²) in [4.78, 5) is 21.1. The zero-order valence-electron chi connectivity index (χ0n) is 14.6. The average Bonchev–Trinajstić information content (AvgIpc) is 3.11. The first-order valence-electron chi connectivity index (χ1n) is 8.51. The molecule has 6 nitrogen and oxygen atoms in total. The van der Waals surface area contributed by atoms with Crippen LogP contribution in [0.4, 0.5) is 5.82 Å². The Bertz CT molecular complexity index is 825. The summed E-state index contributed by atoms with van der Waals surface area (Å²) in [6, 6.07) is 8.53. The van der Waals surface area contributed by atoms with Gasteiger partial charge < -0.3 is 9.88 Å². The molecule has 128 valence electrons. The number of anilines is 1. The summed E-state index contributed by atoms with van der Waals surface area (Å²) in [6.45, 7) is 1.83. The molecule has 0 aromatic carbocycles. The quantitative estimate of drug-likeness (QED) is 0.794. The van der Waals surface area contributed by atoms with Crippen molar-refractivity contribution in [2.45, 2.75) is 19.0 Å². The van der Waals surface area contributed by atoms with Gasteiger partial charge in [-0.05, 0) is 29.3 Å². The lowest BCUT2D eigenvalue weighted by Gasteiger charge is -2.35. The lowest BCUT2D eigenvalue weighted by Crippen LogP contribution is -2.35. The summed E-state index contributed by atoms with van der Waals surface area (Å²) < 4.78 is 0. The molecular formula is C19H22N6. The van der Waals surface area contributed by atoms with E-state index in [1.807, 2.05) is 37.6 Å². The minimum atomic E-state index is 0.145. The molecule has 3 aromatic heterocycles. The van der Waals surface area contributed by atoms with Gasteiger partial charge in [-0.1, -0.05) is 6.07 Å². The number of nitrogens with one attached hydrogen (secondary N) is 1. The highest BCUT2D eigenvalue weighted by Gasteiger charge is 2.30. The molecule has 0 aliphatic carbocycles. The Balaban J connectivity index is 1.63. The number of pyridine rings is 2. The van der Waals surface area contributed by atoms with E-state index in [0.29, 0.717) is 0 Å². The van der Waals surface area contributed by atoms with Crippen LogP contribution in [-0.4, -0.2) is 45.5 Å². The lowest BCUT2D eigenvalue weighted by molar-refractivity contribution is 0.200. The number of imidazole rings is 1. The van der Waals surface area contributed by atoms with Crippen LogP contribution in [0.25, 0.3) is 0 Å². The number of rotatable bonds is 4. The predicted molar refractivity (Wildman–Crippen MR) is 97.3 cm³/mol.